The summed E-state index contributed by atoms with van der Waals surface area (Å²) in [6, 6.07) is 21.5. The van der Waals surface area contributed by atoms with Gasteiger partial charge in [-0.15, -0.1) is 11.3 Å². The van der Waals surface area contributed by atoms with Crippen molar-refractivity contribution in [2.75, 3.05) is 45.1 Å². The first kappa shape index (κ1) is 27.3. The predicted octanol–water partition coefficient (Wildman–Crippen LogP) is 3.75. The summed E-state index contributed by atoms with van der Waals surface area (Å²) in [5, 5.41) is 9.31. The summed E-state index contributed by atoms with van der Waals surface area (Å²) < 4.78 is 31.5. The van der Waals surface area contributed by atoms with Gasteiger partial charge >= 0.3 is 6.03 Å². The number of hydroxylamine groups is 1. The van der Waals surface area contributed by atoms with E-state index in [1.54, 1.807) is 21.3 Å². The largest absolute Gasteiger partial charge is 0.378 e. The first-order valence-corrected chi connectivity index (χ1v) is 15.3. The fourth-order valence-corrected chi connectivity index (χ4v) is 8.82. The van der Waals surface area contributed by atoms with Crippen LogP contribution in [0, 0.1) is 0 Å². The predicted molar refractivity (Wildman–Crippen MR) is 149 cm³/mol. The Hall–Kier alpha value is -3.25. The summed E-state index contributed by atoms with van der Waals surface area (Å²) >= 11 is 1.32. The van der Waals surface area contributed by atoms with Crippen LogP contribution in [0.5, 0.6) is 0 Å². The van der Waals surface area contributed by atoms with Crippen molar-refractivity contribution in [3.05, 3.63) is 71.6 Å². The summed E-state index contributed by atoms with van der Waals surface area (Å²) in [7, 11) is -3.89. The minimum absolute atomic E-state index is 0.0419. The molecule has 3 aromatic rings. The van der Waals surface area contributed by atoms with Gasteiger partial charge < -0.3 is 14.5 Å². The molecule has 0 saturated carbocycles. The average molecular weight is 570 g/mol. The first-order valence-electron chi connectivity index (χ1n) is 12.9. The lowest BCUT2D eigenvalue weighted by atomic mass is 9.97. The van der Waals surface area contributed by atoms with Gasteiger partial charge in [0.15, 0.2) is 9.84 Å². The van der Waals surface area contributed by atoms with Gasteiger partial charge in [0, 0.05) is 35.9 Å². The second-order valence-electron chi connectivity index (χ2n) is 9.75. The SMILES string of the molecule is O=C(CC1(c2ccc(-c3ccc(-c4ccccc4)cc3)s2)CCN(C(=O)N2CCOCC2)CCS1(=O)=O)NO. The first-order chi connectivity index (χ1) is 18.8. The van der Waals surface area contributed by atoms with Crippen LogP contribution in [0.2, 0.25) is 0 Å². The molecular formula is C28H31N3O6S2. The number of benzene rings is 2. The van der Waals surface area contributed by atoms with Crippen LogP contribution in [0.1, 0.15) is 17.7 Å². The van der Waals surface area contributed by atoms with E-state index in [9.17, 15) is 23.2 Å². The zero-order chi connectivity index (χ0) is 27.5. The number of sulfone groups is 1. The summed E-state index contributed by atoms with van der Waals surface area (Å²) in [4.78, 5) is 30.2. The molecule has 0 aliphatic carbocycles. The second kappa shape index (κ2) is 11.5. The molecule has 1 aromatic heterocycles. The van der Waals surface area contributed by atoms with Crippen molar-refractivity contribution >= 4 is 33.1 Å². The Labute approximate surface area is 231 Å². The number of hydrogen-bond donors (Lipinski definition) is 2. The molecule has 0 spiro atoms. The molecule has 9 nitrogen and oxygen atoms in total. The maximum atomic E-state index is 13.8. The summed E-state index contributed by atoms with van der Waals surface area (Å²) in [5.74, 6) is -1.06. The van der Waals surface area contributed by atoms with Gasteiger partial charge in [0.25, 0.3) is 0 Å². The van der Waals surface area contributed by atoms with Crippen LogP contribution in [0.3, 0.4) is 0 Å². The number of nitrogens with zero attached hydrogens (tertiary/aromatic N) is 2. The van der Waals surface area contributed by atoms with E-state index in [4.69, 9.17) is 4.74 Å². The molecule has 1 atom stereocenters. The zero-order valence-corrected chi connectivity index (χ0v) is 23.0. The third-order valence-electron chi connectivity index (χ3n) is 7.47. The Balaban J connectivity index is 1.45. The number of carbonyl (C=O) groups excluding carboxylic acids is 2. The molecule has 2 aliphatic heterocycles. The molecular weight excluding hydrogens is 538 g/mol. The Morgan fingerprint density at radius 3 is 2.21 bits per heavy atom. The fourth-order valence-electron chi connectivity index (χ4n) is 5.21. The lowest BCUT2D eigenvalue weighted by Crippen LogP contribution is -2.49. The quantitative estimate of drug-likeness (QED) is 0.357. The van der Waals surface area contributed by atoms with Gasteiger partial charge in [0.05, 0.1) is 25.4 Å². The Kier molecular flexibility index (Phi) is 8.03. The molecule has 206 valence electrons. The van der Waals surface area contributed by atoms with Crippen molar-refractivity contribution in [3.63, 3.8) is 0 Å². The number of hydrogen-bond acceptors (Lipinski definition) is 7. The van der Waals surface area contributed by atoms with E-state index in [2.05, 4.69) is 0 Å². The molecule has 0 radical (unpaired) electrons. The number of rotatable bonds is 5. The molecule has 2 N–H and O–H groups in total. The van der Waals surface area contributed by atoms with Crippen LogP contribution in [0.15, 0.2) is 66.7 Å². The molecule has 2 aromatic carbocycles. The van der Waals surface area contributed by atoms with Crippen LogP contribution < -0.4 is 5.48 Å². The van der Waals surface area contributed by atoms with Gasteiger partial charge in [-0.1, -0.05) is 54.6 Å². The van der Waals surface area contributed by atoms with Gasteiger partial charge in [0.2, 0.25) is 5.91 Å². The molecule has 3 heterocycles. The number of morpholine rings is 1. The molecule has 2 fully saturated rings. The highest BCUT2D eigenvalue weighted by atomic mass is 32.2. The molecule has 1 unspecified atom stereocenters. The van der Waals surface area contributed by atoms with E-state index in [1.807, 2.05) is 60.7 Å². The van der Waals surface area contributed by atoms with Crippen molar-refractivity contribution in [3.8, 4) is 21.6 Å². The van der Waals surface area contributed by atoms with Gasteiger partial charge in [-0.2, -0.15) is 0 Å². The maximum absolute atomic E-state index is 13.8. The van der Waals surface area contributed by atoms with Gasteiger partial charge in [-0.25, -0.2) is 18.7 Å². The molecule has 11 heteroatoms. The van der Waals surface area contributed by atoms with Gasteiger partial charge in [-0.05, 0) is 35.2 Å². The Morgan fingerprint density at radius 2 is 1.51 bits per heavy atom. The lowest BCUT2D eigenvalue weighted by molar-refractivity contribution is -0.129. The van der Waals surface area contributed by atoms with Crippen molar-refractivity contribution < 1.29 is 28.0 Å². The minimum atomic E-state index is -3.89. The summed E-state index contributed by atoms with van der Waals surface area (Å²) in [6.45, 7) is 2.02. The van der Waals surface area contributed by atoms with E-state index in [0.29, 0.717) is 31.2 Å². The normalized spacial score (nSPS) is 21.3. The second-order valence-corrected chi connectivity index (χ2v) is 13.3. The highest BCUT2D eigenvalue weighted by Crippen LogP contribution is 2.45. The summed E-state index contributed by atoms with van der Waals surface area (Å²) in [5.41, 5.74) is 4.72. The molecule has 2 aliphatic rings. The smallest absolute Gasteiger partial charge is 0.320 e. The van der Waals surface area contributed by atoms with Crippen LogP contribution >= 0.6 is 11.3 Å². The molecule has 2 saturated heterocycles. The lowest BCUT2D eigenvalue weighted by Gasteiger charge is -2.33. The van der Waals surface area contributed by atoms with Gasteiger partial charge in [-0.3, -0.25) is 10.0 Å². The standard InChI is InChI=1S/C28H31N3O6S2/c32-26(29-34)20-28(12-13-30(16-19-39(28,35)36)27(33)31-14-17-37-18-15-31)25-11-10-24(38-25)23-8-6-22(7-9-23)21-4-2-1-3-5-21/h1-11,34H,12-20H2,(H,29,32). The van der Waals surface area contributed by atoms with Crippen molar-refractivity contribution in [2.45, 2.75) is 17.6 Å². The van der Waals surface area contributed by atoms with E-state index < -0.39 is 26.9 Å². The zero-order valence-electron chi connectivity index (χ0n) is 21.4. The van der Waals surface area contributed by atoms with Crippen molar-refractivity contribution in [1.29, 1.82) is 0 Å². The third kappa shape index (κ3) is 5.58. The number of carbonyl (C=O) groups is 2. The third-order valence-corrected chi connectivity index (χ3v) is 11.4. The highest BCUT2D eigenvalue weighted by molar-refractivity contribution is 7.92. The van der Waals surface area contributed by atoms with E-state index in [0.717, 1.165) is 21.6 Å². The fraction of sp³-hybridized carbons (Fsp3) is 0.357. The van der Waals surface area contributed by atoms with E-state index in [-0.39, 0.29) is 31.3 Å². The molecule has 5 rings (SSSR count). The van der Waals surface area contributed by atoms with E-state index in [1.165, 1.54) is 11.3 Å². The van der Waals surface area contributed by atoms with Crippen LogP contribution in [-0.4, -0.2) is 80.5 Å². The molecule has 39 heavy (non-hydrogen) atoms. The number of nitrogens with one attached hydrogen (secondary N) is 1. The number of urea groups is 1. The number of amides is 3. The topological polar surface area (TPSA) is 116 Å². The van der Waals surface area contributed by atoms with Crippen LogP contribution in [0.4, 0.5) is 4.79 Å². The number of ether oxygens (including phenoxy) is 1. The maximum Gasteiger partial charge on any atom is 0.320 e. The van der Waals surface area contributed by atoms with Crippen LogP contribution in [-0.2, 0) is 24.1 Å². The van der Waals surface area contributed by atoms with Crippen molar-refractivity contribution in [2.24, 2.45) is 0 Å². The highest BCUT2D eigenvalue weighted by Gasteiger charge is 2.50. The molecule has 3 amide bonds. The average Bonchev–Trinajstić information content (AvgIpc) is 3.43. The Morgan fingerprint density at radius 1 is 0.872 bits per heavy atom. The van der Waals surface area contributed by atoms with Crippen LogP contribution in [0.25, 0.3) is 21.6 Å². The molecule has 0 bridgehead atoms. The Bertz CT molecular complexity index is 1420. The minimum Gasteiger partial charge on any atom is -0.378 e. The number of thiophene rings is 1. The van der Waals surface area contributed by atoms with Gasteiger partial charge in [0.1, 0.15) is 4.75 Å². The monoisotopic (exact) mass is 569 g/mol. The summed E-state index contributed by atoms with van der Waals surface area (Å²) in [6.07, 6.45) is -0.385. The van der Waals surface area contributed by atoms with Crippen molar-refractivity contribution in [1.82, 2.24) is 15.3 Å². The van der Waals surface area contributed by atoms with E-state index >= 15 is 0 Å².